The van der Waals surface area contributed by atoms with E-state index in [0.717, 1.165) is 12.8 Å². The van der Waals surface area contributed by atoms with Gasteiger partial charge in [-0.3, -0.25) is 4.79 Å². The van der Waals surface area contributed by atoms with Crippen LogP contribution < -0.4 is 5.32 Å². The Morgan fingerprint density at radius 2 is 2.09 bits per heavy atom. The molecular formula is C15H18ClNO5. The van der Waals surface area contributed by atoms with Gasteiger partial charge in [-0.1, -0.05) is 11.6 Å². The van der Waals surface area contributed by atoms with Gasteiger partial charge in [0.25, 0.3) is 0 Å². The normalized spacial score (nSPS) is 15.5. The predicted molar refractivity (Wildman–Crippen MR) is 81.5 cm³/mol. The SMILES string of the molecule is O=C(CCOC1CCOCC1)Nc1ccc(C(=O)O)c(Cl)c1. The van der Waals surface area contributed by atoms with E-state index in [4.69, 9.17) is 26.2 Å². The lowest BCUT2D eigenvalue weighted by molar-refractivity contribution is -0.118. The summed E-state index contributed by atoms with van der Waals surface area (Å²) in [5.41, 5.74) is 0.466. The Bertz CT molecular complexity index is 543. The van der Waals surface area contributed by atoms with Crippen LogP contribution in [-0.2, 0) is 14.3 Å². The first-order valence-corrected chi connectivity index (χ1v) is 7.46. The fourth-order valence-corrected chi connectivity index (χ4v) is 2.41. The van der Waals surface area contributed by atoms with Crippen molar-refractivity contribution < 1.29 is 24.2 Å². The number of carbonyl (C=O) groups excluding carboxylic acids is 1. The summed E-state index contributed by atoms with van der Waals surface area (Å²) in [4.78, 5) is 22.7. The highest BCUT2D eigenvalue weighted by Gasteiger charge is 2.15. The third-order valence-corrected chi connectivity index (χ3v) is 3.65. The van der Waals surface area contributed by atoms with Crippen LogP contribution in [0.15, 0.2) is 18.2 Å². The molecule has 1 fully saturated rings. The van der Waals surface area contributed by atoms with Crippen LogP contribution in [0, 0.1) is 0 Å². The summed E-state index contributed by atoms with van der Waals surface area (Å²) in [5.74, 6) is -1.31. The number of benzene rings is 1. The van der Waals surface area contributed by atoms with Crippen molar-refractivity contribution in [3.8, 4) is 0 Å². The van der Waals surface area contributed by atoms with Crippen LogP contribution in [-0.4, -0.2) is 42.9 Å². The zero-order chi connectivity index (χ0) is 15.9. The average Bonchev–Trinajstić information content (AvgIpc) is 2.48. The minimum atomic E-state index is -1.10. The van der Waals surface area contributed by atoms with Crippen LogP contribution in [0.5, 0.6) is 0 Å². The third-order valence-electron chi connectivity index (χ3n) is 3.33. The molecule has 1 saturated heterocycles. The fourth-order valence-electron chi connectivity index (χ4n) is 2.15. The summed E-state index contributed by atoms with van der Waals surface area (Å²) in [7, 11) is 0. The molecule has 0 atom stereocenters. The van der Waals surface area contributed by atoms with E-state index in [0.29, 0.717) is 25.5 Å². The molecule has 1 heterocycles. The van der Waals surface area contributed by atoms with E-state index in [9.17, 15) is 9.59 Å². The number of rotatable bonds is 6. The smallest absolute Gasteiger partial charge is 0.337 e. The van der Waals surface area contributed by atoms with E-state index >= 15 is 0 Å². The van der Waals surface area contributed by atoms with Crippen molar-refractivity contribution in [3.63, 3.8) is 0 Å². The molecule has 22 heavy (non-hydrogen) atoms. The molecule has 0 aromatic heterocycles. The largest absolute Gasteiger partial charge is 0.478 e. The van der Waals surface area contributed by atoms with Gasteiger partial charge in [-0.25, -0.2) is 4.79 Å². The number of amides is 1. The van der Waals surface area contributed by atoms with Gasteiger partial charge in [0.2, 0.25) is 5.91 Å². The second kappa shape index (κ2) is 8.12. The van der Waals surface area contributed by atoms with Gasteiger partial charge in [0.05, 0.1) is 29.7 Å². The third kappa shape index (κ3) is 4.98. The summed E-state index contributed by atoms with van der Waals surface area (Å²) in [6.45, 7) is 1.74. The lowest BCUT2D eigenvalue weighted by atomic mass is 10.1. The van der Waals surface area contributed by atoms with E-state index in [1.54, 1.807) is 0 Å². The Balaban J connectivity index is 1.76. The molecule has 1 aromatic carbocycles. The monoisotopic (exact) mass is 327 g/mol. The van der Waals surface area contributed by atoms with Gasteiger partial charge in [-0.15, -0.1) is 0 Å². The first-order chi connectivity index (χ1) is 10.6. The molecule has 0 bridgehead atoms. The Kier molecular flexibility index (Phi) is 6.18. The number of ether oxygens (including phenoxy) is 2. The summed E-state index contributed by atoms with van der Waals surface area (Å²) < 4.78 is 10.9. The quantitative estimate of drug-likeness (QED) is 0.838. The fraction of sp³-hybridized carbons (Fsp3) is 0.467. The number of aromatic carboxylic acids is 1. The molecule has 2 rings (SSSR count). The predicted octanol–water partition coefficient (Wildman–Crippen LogP) is 2.56. The molecule has 1 amide bonds. The summed E-state index contributed by atoms with van der Waals surface area (Å²) in [6, 6.07) is 4.29. The van der Waals surface area contributed by atoms with Gasteiger partial charge in [0.15, 0.2) is 0 Å². The number of halogens is 1. The lowest BCUT2D eigenvalue weighted by Crippen LogP contribution is -2.25. The van der Waals surface area contributed by atoms with Crippen LogP contribution in [0.2, 0.25) is 5.02 Å². The molecule has 0 unspecified atom stereocenters. The van der Waals surface area contributed by atoms with Gasteiger partial charge in [0.1, 0.15) is 0 Å². The Morgan fingerprint density at radius 3 is 2.73 bits per heavy atom. The molecule has 1 aliphatic rings. The summed E-state index contributed by atoms with van der Waals surface area (Å²) in [6.07, 6.45) is 2.10. The van der Waals surface area contributed by atoms with E-state index in [2.05, 4.69) is 5.32 Å². The number of carboxylic acid groups (broad SMARTS) is 1. The first-order valence-electron chi connectivity index (χ1n) is 7.08. The molecule has 0 spiro atoms. The van der Waals surface area contributed by atoms with Crippen molar-refractivity contribution >= 4 is 29.2 Å². The Hall–Kier alpha value is -1.63. The highest BCUT2D eigenvalue weighted by atomic mass is 35.5. The topological polar surface area (TPSA) is 84.9 Å². The maximum absolute atomic E-state index is 11.8. The molecular weight excluding hydrogens is 310 g/mol. The van der Waals surface area contributed by atoms with Crippen LogP contribution in [0.25, 0.3) is 0 Å². The second-order valence-electron chi connectivity index (χ2n) is 4.98. The highest BCUT2D eigenvalue weighted by molar-refractivity contribution is 6.33. The van der Waals surface area contributed by atoms with Gasteiger partial charge in [-0.05, 0) is 31.0 Å². The van der Waals surface area contributed by atoms with Gasteiger partial charge in [0, 0.05) is 18.9 Å². The second-order valence-corrected chi connectivity index (χ2v) is 5.39. The minimum absolute atomic E-state index is 0.00233. The Morgan fingerprint density at radius 1 is 1.36 bits per heavy atom. The van der Waals surface area contributed by atoms with Crippen molar-refractivity contribution in [1.29, 1.82) is 0 Å². The molecule has 7 heteroatoms. The van der Waals surface area contributed by atoms with Crippen LogP contribution in [0.3, 0.4) is 0 Å². The van der Waals surface area contributed by atoms with Gasteiger partial charge < -0.3 is 19.9 Å². The van der Waals surface area contributed by atoms with Crippen LogP contribution in [0.4, 0.5) is 5.69 Å². The number of hydrogen-bond donors (Lipinski definition) is 2. The zero-order valence-electron chi connectivity index (χ0n) is 12.0. The molecule has 2 N–H and O–H groups in total. The number of hydrogen-bond acceptors (Lipinski definition) is 4. The van der Waals surface area contributed by atoms with E-state index in [-0.39, 0.29) is 29.0 Å². The van der Waals surface area contributed by atoms with E-state index < -0.39 is 5.97 Å². The van der Waals surface area contributed by atoms with Crippen molar-refractivity contribution in [3.05, 3.63) is 28.8 Å². The van der Waals surface area contributed by atoms with Gasteiger partial charge in [-0.2, -0.15) is 0 Å². The number of carbonyl (C=O) groups is 2. The molecule has 120 valence electrons. The summed E-state index contributed by atoms with van der Waals surface area (Å²) in [5, 5.41) is 11.6. The lowest BCUT2D eigenvalue weighted by Gasteiger charge is -2.22. The van der Waals surface area contributed by atoms with Crippen molar-refractivity contribution in [2.24, 2.45) is 0 Å². The molecule has 1 aromatic rings. The minimum Gasteiger partial charge on any atom is -0.478 e. The summed E-state index contributed by atoms with van der Waals surface area (Å²) >= 11 is 5.85. The molecule has 0 radical (unpaired) electrons. The van der Waals surface area contributed by atoms with E-state index in [1.807, 2.05) is 0 Å². The zero-order valence-corrected chi connectivity index (χ0v) is 12.8. The van der Waals surface area contributed by atoms with Crippen molar-refractivity contribution in [1.82, 2.24) is 0 Å². The molecule has 1 aliphatic heterocycles. The highest BCUT2D eigenvalue weighted by Crippen LogP contribution is 2.21. The molecule has 6 nitrogen and oxygen atoms in total. The number of nitrogens with one attached hydrogen (secondary N) is 1. The number of anilines is 1. The van der Waals surface area contributed by atoms with E-state index in [1.165, 1.54) is 18.2 Å². The maximum atomic E-state index is 11.8. The molecule has 0 aliphatic carbocycles. The van der Waals surface area contributed by atoms with Crippen LogP contribution >= 0.6 is 11.6 Å². The van der Waals surface area contributed by atoms with Crippen molar-refractivity contribution in [2.45, 2.75) is 25.4 Å². The number of carboxylic acids is 1. The van der Waals surface area contributed by atoms with Gasteiger partial charge >= 0.3 is 5.97 Å². The Labute approximate surface area is 133 Å². The van der Waals surface area contributed by atoms with Crippen LogP contribution in [0.1, 0.15) is 29.6 Å². The first kappa shape index (κ1) is 16.7. The average molecular weight is 328 g/mol. The van der Waals surface area contributed by atoms with Crippen molar-refractivity contribution in [2.75, 3.05) is 25.1 Å². The maximum Gasteiger partial charge on any atom is 0.337 e. The standard InChI is InChI=1S/C15H18ClNO5/c16-13-9-10(1-2-12(13)15(19)20)17-14(18)5-8-22-11-3-6-21-7-4-11/h1-2,9,11H,3-8H2,(H,17,18)(H,19,20). The molecule has 0 saturated carbocycles.